The maximum atomic E-state index is 9.65. The van der Waals surface area contributed by atoms with Crippen LogP contribution in [0.3, 0.4) is 0 Å². The lowest BCUT2D eigenvalue weighted by molar-refractivity contribution is 0.660. The fourth-order valence-electron chi connectivity index (χ4n) is 7.70. The van der Waals surface area contributed by atoms with Gasteiger partial charge in [0, 0.05) is 28.3 Å². The van der Waals surface area contributed by atoms with Crippen molar-refractivity contribution >= 4 is 0 Å². The van der Waals surface area contributed by atoms with E-state index >= 15 is 0 Å². The third-order valence-electron chi connectivity index (χ3n) is 10.5. The monoisotopic (exact) mass is 677 g/mol. The van der Waals surface area contributed by atoms with Gasteiger partial charge in [0.1, 0.15) is 0 Å². The van der Waals surface area contributed by atoms with E-state index in [9.17, 15) is 5.26 Å². The summed E-state index contributed by atoms with van der Waals surface area (Å²) in [6.07, 6.45) is 1.85. The third kappa shape index (κ3) is 5.91. The molecule has 3 heteroatoms. The molecule has 6 aromatic carbocycles. The number of aromatic nitrogens is 2. The highest BCUT2D eigenvalue weighted by Crippen LogP contribution is 2.50. The molecule has 0 spiro atoms. The van der Waals surface area contributed by atoms with Crippen molar-refractivity contribution in [2.24, 2.45) is 0 Å². The minimum atomic E-state index is -0.245. The van der Waals surface area contributed by atoms with E-state index in [1.54, 1.807) is 0 Å². The van der Waals surface area contributed by atoms with Crippen LogP contribution in [-0.4, -0.2) is 9.97 Å². The third-order valence-corrected chi connectivity index (χ3v) is 10.5. The van der Waals surface area contributed by atoms with Crippen LogP contribution in [0, 0.1) is 11.3 Å². The van der Waals surface area contributed by atoms with Crippen molar-refractivity contribution in [3.8, 4) is 84.3 Å². The summed E-state index contributed by atoms with van der Waals surface area (Å²) in [5.41, 5.74) is 18.0. The second kappa shape index (κ2) is 13.0. The highest BCUT2D eigenvalue weighted by atomic mass is 14.7. The molecular formula is C50H35N3. The number of fused-ring (bicyclic) bond motifs is 3. The summed E-state index contributed by atoms with van der Waals surface area (Å²) >= 11 is 0. The Bertz CT molecular complexity index is 2670. The maximum absolute atomic E-state index is 9.65. The van der Waals surface area contributed by atoms with Crippen LogP contribution in [0.2, 0.25) is 0 Å². The number of benzene rings is 6. The molecule has 0 fully saturated rings. The van der Waals surface area contributed by atoms with Gasteiger partial charge in [0.25, 0.3) is 0 Å². The Labute approximate surface area is 310 Å². The Kier molecular flexibility index (Phi) is 7.87. The molecule has 9 rings (SSSR count). The fourth-order valence-corrected chi connectivity index (χ4v) is 7.70. The van der Waals surface area contributed by atoms with Crippen molar-refractivity contribution in [2.45, 2.75) is 19.3 Å². The maximum Gasteiger partial charge on any atom is 0.0991 e. The van der Waals surface area contributed by atoms with Crippen molar-refractivity contribution in [2.75, 3.05) is 0 Å². The quantitative estimate of drug-likeness (QED) is 0.176. The lowest BCUT2D eigenvalue weighted by atomic mass is 9.81. The van der Waals surface area contributed by atoms with Crippen LogP contribution in [0.15, 0.2) is 176 Å². The first-order chi connectivity index (χ1) is 25.9. The average molecular weight is 678 g/mol. The lowest BCUT2D eigenvalue weighted by Gasteiger charge is -2.22. The summed E-state index contributed by atoms with van der Waals surface area (Å²) in [7, 11) is 0. The van der Waals surface area contributed by atoms with Gasteiger partial charge in [-0.2, -0.15) is 5.26 Å². The normalized spacial score (nSPS) is 12.5. The number of pyridine rings is 2. The Hall–Kier alpha value is -6.89. The predicted octanol–water partition coefficient (Wildman–Crippen LogP) is 12.7. The number of hydrogen-bond acceptors (Lipinski definition) is 3. The highest BCUT2D eigenvalue weighted by Gasteiger charge is 2.35. The minimum Gasteiger partial charge on any atom is -0.256 e. The standard InChI is InChI=1S/C50H35N3/c1-50(2)45-25-33(32-51)16-22-43(45)44-23-21-38(29-46(44)50)39-26-41(47-15-9-10-24-52-47)28-42(27-39)49-31-40(30-48(53-49)37-13-7-4-8-14-37)36-19-17-35(18-20-36)34-11-5-3-6-12-34/h3-31H,1-2H3. The summed E-state index contributed by atoms with van der Waals surface area (Å²) in [4.78, 5) is 10.1. The zero-order valence-corrected chi connectivity index (χ0v) is 29.6. The smallest absolute Gasteiger partial charge is 0.0991 e. The molecule has 3 nitrogen and oxygen atoms in total. The predicted molar refractivity (Wildman–Crippen MR) is 217 cm³/mol. The Morgan fingerprint density at radius 3 is 1.58 bits per heavy atom. The van der Waals surface area contributed by atoms with Crippen LogP contribution in [-0.2, 0) is 5.41 Å². The van der Waals surface area contributed by atoms with Crippen LogP contribution in [0.5, 0.6) is 0 Å². The van der Waals surface area contributed by atoms with E-state index in [-0.39, 0.29) is 5.41 Å². The summed E-state index contributed by atoms with van der Waals surface area (Å²) in [6, 6.07) is 62.0. The SMILES string of the molecule is CC1(C)c2cc(C#N)ccc2-c2ccc(-c3cc(-c4ccccn4)cc(-c4cc(-c5ccc(-c6ccccc6)cc5)cc(-c5ccccc5)n4)c3)cc21. The van der Waals surface area contributed by atoms with E-state index in [0.29, 0.717) is 5.56 Å². The summed E-state index contributed by atoms with van der Waals surface area (Å²) in [5, 5.41) is 9.65. The van der Waals surface area contributed by atoms with Crippen LogP contribution < -0.4 is 0 Å². The second-order valence-corrected chi connectivity index (χ2v) is 14.2. The van der Waals surface area contributed by atoms with Gasteiger partial charge in [-0.25, -0.2) is 4.98 Å². The van der Waals surface area contributed by atoms with Crippen LogP contribution in [0.1, 0.15) is 30.5 Å². The largest absolute Gasteiger partial charge is 0.256 e. The zero-order valence-electron chi connectivity index (χ0n) is 29.6. The van der Waals surface area contributed by atoms with Gasteiger partial charge < -0.3 is 0 Å². The van der Waals surface area contributed by atoms with E-state index in [1.807, 2.05) is 42.6 Å². The number of nitriles is 1. The van der Waals surface area contributed by atoms with Gasteiger partial charge in [-0.1, -0.05) is 123 Å². The Balaban J connectivity index is 1.20. The molecule has 250 valence electrons. The molecule has 0 saturated heterocycles. The first kappa shape index (κ1) is 32.0. The van der Waals surface area contributed by atoms with E-state index in [0.717, 1.165) is 56.0 Å². The van der Waals surface area contributed by atoms with Gasteiger partial charge in [-0.05, 0) is 116 Å². The summed E-state index contributed by atoms with van der Waals surface area (Å²) < 4.78 is 0. The van der Waals surface area contributed by atoms with E-state index in [1.165, 1.54) is 33.4 Å². The number of hydrogen-bond donors (Lipinski definition) is 0. The molecular weight excluding hydrogens is 643 g/mol. The molecule has 0 aliphatic heterocycles. The van der Waals surface area contributed by atoms with Crippen molar-refractivity contribution < 1.29 is 0 Å². The topological polar surface area (TPSA) is 49.6 Å². The molecule has 0 unspecified atom stereocenters. The molecule has 0 N–H and O–H groups in total. The Morgan fingerprint density at radius 2 is 0.925 bits per heavy atom. The molecule has 0 atom stereocenters. The first-order valence-electron chi connectivity index (χ1n) is 17.9. The highest BCUT2D eigenvalue weighted by molar-refractivity contribution is 5.87. The molecule has 0 amide bonds. The molecule has 2 heterocycles. The van der Waals surface area contributed by atoms with Crippen LogP contribution >= 0.6 is 0 Å². The first-order valence-corrected chi connectivity index (χ1v) is 17.9. The molecule has 8 aromatic rings. The molecule has 0 radical (unpaired) electrons. The molecule has 0 bridgehead atoms. The van der Waals surface area contributed by atoms with Gasteiger partial charge in [0.05, 0.1) is 28.7 Å². The summed E-state index contributed by atoms with van der Waals surface area (Å²) in [6.45, 7) is 4.51. The van der Waals surface area contributed by atoms with E-state index in [2.05, 4.69) is 153 Å². The number of nitrogens with zero attached hydrogens (tertiary/aromatic N) is 3. The lowest BCUT2D eigenvalue weighted by Crippen LogP contribution is -2.15. The van der Waals surface area contributed by atoms with Gasteiger partial charge in [0.2, 0.25) is 0 Å². The average Bonchev–Trinajstić information content (AvgIpc) is 3.46. The molecule has 53 heavy (non-hydrogen) atoms. The molecule has 2 aromatic heterocycles. The van der Waals surface area contributed by atoms with Gasteiger partial charge in [-0.3, -0.25) is 4.98 Å². The fraction of sp³-hybridized carbons (Fsp3) is 0.0600. The minimum absolute atomic E-state index is 0.245. The van der Waals surface area contributed by atoms with Crippen molar-refractivity contribution in [1.29, 1.82) is 5.26 Å². The molecule has 0 saturated carbocycles. The van der Waals surface area contributed by atoms with E-state index < -0.39 is 0 Å². The van der Waals surface area contributed by atoms with Gasteiger partial charge in [-0.15, -0.1) is 0 Å². The molecule has 1 aliphatic rings. The molecule has 1 aliphatic carbocycles. The van der Waals surface area contributed by atoms with Gasteiger partial charge in [0.15, 0.2) is 0 Å². The van der Waals surface area contributed by atoms with Crippen molar-refractivity contribution in [1.82, 2.24) is 9.97 Å². The Morgan fingerprint density at radius 1 is 0.415 bits per heavy atom. The number of rotatable bonds is 6. The van der Waals surface area contributed by atoms with Crippen molar-refractivity contribution in [3.05, 3.63) is 193 Å². The van der Waals surface area contributed by atoms with Crippen LogP contribution in [0.4, 0.5) is 0 Å². The van der Waals surface area contributed by atoms with Gasteiger partial charge >= 0.3 is 0 Å². The second-order valence-electron chi connectivity index (χ2n) is 14.2. The van der Waals surface area contributed by atoms with E-state index in [4.69, 9.17) is 9.97 Å². The van der Waals surface area contributed by atoms with Crippen LogP contribution in [0.25, 0.3) is 78.3 Å². The summed E-state index contributed by atoms with van der Waals surface area (Å²) in [5.74, 6) is 0. The van der Waals surface area contributed by atoms with Crippen molar-refractivity contribution in [3.63, 3.8) is 0 Å². The zero-order chi connectivity index (χ0) is 35.9.